The normalized spacial score (nSPS) is 20.6. The first-order chi connectivity index (χ1) is 10.6. The minimum Gasteiger partial charge on any atom is -0.543 e. The summed E-state index contributed by atoms with van der Waals surface area (Å²) < 4.78 is 60.1. The lowest BCUT2D eigenvalue weighted by Gasteiger charge is -2.33. The number of rotatable bonds is 8. The van der Waals surface area contributed by atoms with E-state index in [1.54, 1.807) is 0 Å². The van der Waals surface area contributed by atoms with Gasteiger partial charge < -0.3 is 4.43 Å². The lowest BCUT2D eigenvalue weighted by molar-refractivity contribution is -0.0456. The molecule has 0 atom stereocenters. The quantitative estimate of drug-likeness (QED) is 0.266. The number of hydrogen-bond donors (Lipinski definition) is 0. The van der Waals surface area contributed by atoms with Gasteiger partial charge in [-0.15, -0.1) is 0 Å². The van der Waals surface area contributed by atoms with Crippen LogP contribution in [0, 0.1) is 5.92 Å². The fourth-order valence-electron chi connectivity index (χ4n) is 3.12. The lowest BCUT2D eigenvalue weighted by atomic mass is 9.84. The van der Waals surface area contributed by atoms with Crippen molar-refractivity contribution in [2.75, 3.05) is 0 Å². The van der Waals surface area contributed by atoms with Crippen LogP contribution in [0.2, 0.25) is 18.1 Å². The molecule has 23 heavy (non-hydrogen) atoms. The zero-order valence-electron chi connectivity index (χ0n) is 14.7. The van der Waals surface area contributed by atoms with Crippen molar-refractivity contribution in [3.8, 4) is 0 Å². The molecular formula is C17H30F4OSi. The van der Waals surface area contributed by atoms with Crippen molar-refractivity contribution in [3.05, 3.63) is 11.8 Å². The van der Waals surface area contributed by atoms with Crippen molar-refractivity contribution in [1.29, 1.82) is 0 Å². The van der Waals surface area contributed by atoms with Crippen molar-refractivity contribution < 1.29 is 22.0 Å². The number of alkyl halides is 4. The first-order valence-electron chi connectivity index (χ1n) is 8.72. The van der Waals surface area contributed by atoms with Gasteiger partial charge in [0, 0.05) is 19.8 Å². The third kappa shape index (κ3) is 6.12. The van der Waals surface area contributed by atoms with E-state index in [-0.39, 0.29) is 24.5 Å². The van der Waals surface area contributed by atoms with Gasteiger partial charge in [-0.25, -0.2) is 8.78 Å². The van der Waals surface area contributed by atoms with Crippen LogP contribution in [0.25, 0.3) is 0 Å². The molecule has 136 valence electrons. The highest BCUT2D eigenvalue weighted by atomic mass is 28.4. The Morgan fingerprint density at radius 3 is 2.00 bits per heavy atom. The second kappa shape index (κ2) is 8.04. The Kier molecular flexibility index (Phi) is 7.17. The molecule has 0 saturated heterocycles. The predicted molar refractivity (Wildman–Crippen MR) is 88.5 cm³/mol. The van der Waals surface area contributed by atoms with Gasteiger partial charge in [0.05, 0.1) is 0 Å². The molecule has 0 aromatic rings. The summed E-state index contributed by atoms with van der Waals surface area (Å²) in [5.74, 6) is -5.79. The Morgan fingerprint density at radius 1 is 1.13 bits per heavy atom. The Morgan fingerprint density at radius 2 is 1.61 bits per heavy atom. The molecule has 1 rings (SSSR count). The van der Waals surface area contributed by atoms with Gasteiger partial charge >= 0.3 is 0 Å². The summed E-state index contributed by atoms with van der Waals surface area (Å²) in [5.41, 5.74) is 0. The number of hydrogen-bond acceptors (Lipinski definition) is 1. The summed E-state index contributed by atoms with van der Waals surface area (Å²) in [7, 11) is -2.17. The maximum atomic E-state index is 13.9. The molecule has 0 radical (unpaired) electrons. The summed E-state index contributed by atoms with van der Waals surface area (Å²) in [4.78, 5) is 0. The van der Waals surface area contributed by atoms with E-state index < -0.39 is 20.2 Å². The fraction of sp³-hybridized carbons (Fsp3) is 0.882. The Hall–Kier alpha value is -0.523. The standard InChI is InChI=1S/C17H30F4OSi/c1-5-23(6-2,7-3)22-15(16(4,18)19)9-8-14-10-12-17(20,21)13-11-14/h9,14H,5-8,10-13H2,1-4H3/b15-9+. The van der Waals surface area contributed by atoms with Crippen molar-refractivity contribution in [2.24, 2.45) is 5.92 Å². The largest absolute Gasteiger partial charge is 0.543 e. The maximum Gasteiger partial charge on any atom is 0.299 e. The molecule has 1 nitrogen and oxygen atoms in total. The van der Waals surface area contributed by atoms with Crippen LogP contribution in [0.5, 0.6) is 0 Å². The van der Waals surface area contributed by atoms with Gasteiger partial charge in [-0.05, 0) is 49.4 Å². The molecule has 0 unspecified atom stereocenters. The SMILES string of the molecule is CC[Si](CC)(CC)O/C(=C/CC1CCC(F)(F)CC1)C(C)(F)F. The first kappa shape index (κ1) is 20.5. The second-order valence-electron chi connectivity index (χ2n) is 6.84. The second-order valence-corrected chi connectivity index (χ2v) is 11.5. The molecule has 0 aliphatic heterocycles. The van der Waals surface area contributed by atoms with E-state index in [1.165, 1.54) is 6.08 Å². The van der Waals surface area contributed by atoms with Crippen LogP contribution >= 0.6 is 0 Å². The molecule has 0 amide bonds. The predicted octanol–water partition coefficient (Wildman–Crippen LogP) is 6.76. The molecule has 1 fully saturated rings. The van der Waals surface area contributed by atoms with Gasteiger partial charge in [0.25, 0.3) is 5.92 Å². The van der Waals surface area contributed by atoms with Crippen LogP contribution in [-0.4, -0.2) is 20.2 Å². The highest BCUT2D eigenvalue weighted by Gasteiger charge is 2.39. The molecule has 0 aromatic heterocycles. The molecule has 0 spiro atoms. The van der Waals surface area contributed by atoms with E-state index in [0.29, 0.717) is 19.3 Å². The van der Waals surface area contributed by atoms with Gasteiger partial charge in [0.1, 0.15) is 5.76 Å². The molecule has 0 heterocycles. The van der Waals surface area contributed by atoms with Crippen LogP contribution in [-0.2, 0) is 4.43 Å². The van der Waals surface area contributed by atoms with Crippen LogP contribution in [0.3, 0.4) is 0 Å². The monoisotopic (exact) mass is 354 g/mol. The van der Waals surface area contributed by atoms with Crippen LogP contribution in [0.1, 0.15) is 59.8 Å². The molecule has 0 N–H and O–H groups in total. The van der Waals surface area contributed by atoms with E-state index in [1.807, 2.05) is 20.8 Å². The average molecular weight is 355 g/mol. The molecular weight excluding hydrogens is 324 g/mol. The summed E-state index contributed by atoms with van der Waals surface area (Å²) in [6.45, 7) is 6.84. The maximum absolute atomic E-state index is 13.9. The van der Waals surface area contributed by atoms with E-state index in [2.05, 4.69) is 0 Å². The van der Waals surface area contributed by atoms with Crippen LogP contribution in [0.15, 0.2) is 11.8 Å². The van der Waals surface area contributed by atoms with Crippen molar-refractivity contribution in [2.45, 2.75) is 89.8 Å². The van der Waals surface area contributed by atoms with E-state index >= 15 is 0 Å². The molecule has 1 saturated carbocycles. The van der Waals surface area contributed by atoms with Gasteiger partial charge in [0.2, 0.25) is 14.2 Å². The molecule has 6 heteroatoms. The average Bonchev–Trinajstić information content (AvgIpc) is 2.48. The number of allylic oxidation sites excluding steroid dienone is 2. The summed E-state index contributed by atoms with van der Waals surface area (Å²) in [5, 5.41) is 0. The fourth-order valence-corrected chi connectivity index (χ4v) is 5.78. The Balaban J connectivity index is 2.79. The summed E-state index contributed by atoms with van der Waals surface area (Å²) in [6.07, 6.45) is 2.38. The number of halogens is 4. The van der Waals surface area contributed by atoms with Crippen molar-refractivity contribution in [3.63, 3.8) is 0 Å². The van der Waals surface area contributed by atoms with Crippen molar-refractivity contribution in [1.82, 2.24) is 0 Å². The molecule has 1 aliphatic carbocycles. The minimum atomic E-state index is -3.02. The topological polar surface area (TPSA) is 9.23 Å². The van der Waals surface area contributed by atoms with E-state index in [9.17, 15) is 17.6 Å². The zero-order chi connectivity index (χ0) is 17.7. The summed E-state index contributed by atoms with van der Waals surface area (Å²) in [6, 6.07) is 2.38. The summed E-state index contributed by atoms with van der Waals surface area (Å²) >= 11 is 0. The third-order valence-corrected chi connectivity index (χ3v) is 9.68. The Bertz CT molecular complexity index is 382. The van der Waals surface area contributed by atoms with Crippen LogP contribution < -0.4 is 0 Å². The van der Waals surface area contributed by atoms with Crippen molar-refractivity contribution >= 4 is 8.32 Å². The van der Waals surface area contributed by atoms with Gasteiger partial charge in [0.15, 0.2) is 0 Å². The van der Waals surface area contributed by atoms with E-state index in [4.69, 9.17) is 4.43 Å². The Labute approximate surface area is 138 Å². The third-order valence-electron chi connectivity index (χ3n) is 5.17. The minimum absolute atomic E-state index is 0.0523. The first-order valence-corrected chi connectivity index (χ1v) is 11.3. The molecule has 0 bridgehead atoms. The van der Waals surface area contributed by atoms with Crippen LogP contribution in [0.4, 0.5) is 17.6 Å². The highest BCUT2D eigenvalue weighted by Crippen LogP contribution is 2.39. The van der Waals surface area contributed by atoms with Gasteiger partial charge in [-0.3, -0.25) is 0 Å². The van der Waals surface area contributed by atoms with E-state index in [0.717, 1.165) is 25.1 Å². The lowest BCUT2D eigenvalue weighted by Crippen LogP contribution is -2.38. The zero-order valence-corrected chi connectivity index (χ0v) is 15.7. The highest BCUT2D eigenvalue weighted by molar-refractivity contribution is 6.73. The smallest absolute Gasteiger partial charge is 0.299 e. The molecule has 0 aromatic carbocycles. The van der Waals surface area contributed by atoms with Gasteiger partial charge in [-0.2, -0.15) is 8.78 Å². The van der Waals surface area contributed by atoms with Gasteiger partial charge in [-0.1, -0.05) is 20.8 Å². The molecule has 1 aliphatic rings.